The summed E-state index contributed by atoms with van der Waals surface area (Å²) in [5.41, 5.74) is 1.06. The van der Waals surface area contributed by atoms with E-state index in [0.717, 1.165) is 23.7 Å². The summed E-state index contributed by atoms with van der Waals surface area (Å²) in [6.45, 7) is 9.57. The summed E-state index contributed by atoms with van der Waals surface area (Å²) in [5.74, 6) is 4.93. The van der Waals surface area contributed by atoms with Crippen LogP contribution in [-0.2, 0) is 0 Å². The largest absolute Gasteiger partial charge is 0.396 e. The van der Waals surface area contributed by atoms with E-state index in [0.29, 0.717) is 22.7 Å². The first-order chi connectivity index (χ1) is 12.8. The third-order valence-electron chi connectivity index (χ3n) is 10.8. The van der Waals surface area contributed by atoms with Crippen molar-refractivity contribution in [3.8, 4) is 0 Å². The fourth-order valence-electron chi connectivity index (χ4n) is 9.26. The van der Waals surface area contributed by atoms with Gasteiger partial charge in [-0.25, -0.2) is 0 Å². The smallest absolute Gasteiger partial charge is 0.0564 e. The molecule has 10 atom stereocenters. The summed E-state index contributed by atoms with van der Waals surface area (Å²) in [6.07, 6.45) is 14.0. The standard InChI is InChI=1S/C25H44O2/c1-16(20(15-26)17(2)27)21-10-11-22-19-9-8-18-7-5-6-13-24(18,3)23(19)12-14-25(21,22)4/h16-23,26-27H,5-15H2,1-4H3/t16-,17?,18?,19+,20?,21-,22+,23+,24+,25-/m1/s1. The van der Waals surface area contributed by atoms with Crippen LogP contribution in [0.3, 0.4) is 0 Å². The molecule has 0 spiro atoms. The van der Waals surface area contributed by atoms with E-state index in [4.69, 9.17) is 0 Å². The van der Waals surface area contributed by atoms with Crippen molar-refractivity contribution < 1.29 is 10.2 Å². The van der Waals surface area contributed by atoms with Crippen molar-refractivity contribution in [2.24, 2.45) is 52.3 Å². The first-order valence-electron chi connectivity index (χ1n) is 12.1. The highest BCUT2D eigenvalue weighted by atomic mass is 16.3. The number of fused-ring (bicyclic) bond motifs is 5. The van der Waals surface area contributed by atoms with Gasteiger partial charge in [0.05, 0.1) is 6.10 Å². The molecule has 2 nitrogen and oxygen atoms in total. The van der Waals surface area contributed by atoms with Crippen LogP contribution in [0, 0.1) is 52.3 Å². The zero-order valence-corrected chi connectivity index (χ0v) is 18.3. The Morgan fingerprint density at radius 3 is 2.30 bits per heavy atom. The lowest BCUT2D eigenvalue weighted by atomic mass is 9.44. The molecular weight excluding hydrogens is 332 g/mol. The topological polar surface area (TPSA) is 40.5 Å². The average Bonchev–Trinajstić information content (AvgIpc) is 2.98. The number of hydrogen-bond donors (Lipinski definition) is 2. The Morgan fingerprint density at radius 2 is 1.59 bits per heavy atom. The van der Waals surface area contributed by atoms with Gasteiger partial charge in [-0.2, -0.15) is 0 Å². The third kappa shape index (κ3) is 3.03. The van der Waals surface area contributed by atoms with Crippen molar-refractivity contribution in [3.05, 3.63) is 0 Å². The van der Waals surface area contributed by atoms with Gasteiger partial charge in [-0.1, -0.05) is 33.6 Å². The van der Waals surface area contributed by atoms with Crippen molar-refractivity contribution in [2.75, 3.05) is 6.61 Å². The third-order valence-corrected chi connectivity index (χ3v) is 10.8. The highest BCUT2D eigenvalue weighted by molar-refractivity contribution is 5.09. The van der Waals surface area contributed by atoms with E-state index in [1.165, 1.54) is 64.2 Å². The molecule has 4 fully saturated rings. The molecule has 4 aliphatic rings. The molecule has 0 aromatic heterocycles. The van der Waals surface area contributed by atoms with Gasteiger partial charge in [0, 0.05) is 12.5 Å². The van der Waals surface area contributed by atoms with Crippen LogP contribution in [0.1, 0.15) is 91.9 Å². The maximum absolute atomic E-state index is 10.2. The zero-order chi connectivity index (χ0) is 19.4. The van der Waals surface area contributed by atoms with Crippen LogP contribution in [0.5, 0.6) is 0 Å². The molecule has 2 N–H and O–H groups in total. The Hall–Kier alpha value is -0.0800. The van der Waals surface area contributed by atoms with Crippen LogP contribution in [0.25, 0.3) is 0 Å². The second-order valence-electron chi connectivity index (χ2n) is 11.6. The Bertz CT molecular complexity index is 530. The van der Waals surface area contributed by atoms with Gasteiger partial charge in [-0.3, -0.25) is 0 Å². The predicted octanol–water partition coefficient (Wildman–Crippen LogP) is 5.66. The number of rotatable bonds is 4. The fourth-order valence-corrected chi connectivity index (χ4v) is 9.26. The van der Waals surface area contributed by atoms with E-state index in [9.17, 15) is 10.2 Å². The normalized spacial score (nSPS) is 50.2. The molecule has 0 aromatic rings. The Labute approximate surface area is 167 Å². The Kier molecular flexibility index (Phi) is 5.47. The molecule has 27 heavy (non-hydrogen) atoms. The van der Waals surface area contributed by atoms with E-state index in [2.05, 4.69) is 20.8 Å². The second kappa shape index (κ2) is 7.31. The molecule has 2 heteroatoms. The molecule has 4 aliphatic carbocycles. The van der Waals surface area contributed by atoms with E-state index < -0.39 is 6.10 Å². The number of hydrogen-bond acceptors (Lipinski definition) is 2. The second-order valence-corrected chi connectivity index (χ2v) is 11.6. The summed E-state index contributed by atoms with van der Waals surface area (Å²) < 4.78 is 0. The Balaban J connectivity index is 1.56. The van der Waals surface area contributed by atoms with Crippen molar-refractivity contribution in [3.63, 3.8) is 0 Å². The summed E-state index contributed by atoms with van der Waals surface area (Å²) in [4.78, 5) is 0. The molecular formula is C25H44O2. The van der Waals surface area contributed by atoms with Crippen LogP contribution in [0.2, 0.25) is 0 Å². The molecule has 0 saturated heterocycles. The van der Waals surface area contributed by atoms with E-state index >= 15 is 0 Å². The summed E-state index contributed by atoms with van der Waals surface area (Å²) in [6, 6.07) is 0. The first kappa shape index (κ1) is 20.2. The van der Waals surface area contributed by atoms with Gasteiger partial charge in [0.15, 0.2) is 0 Å². The molecule has 4 saturated carbocycles. The Morgan fingerprint density at radius 1 is 0.852 bits per heavy atom. The molecule has 0 aromatic carbocycles. The molecule has 156 valence electrons. The lowest BCUT2D eigenvalue weighted by Crippen LogP contribution is -2.53. The average molecular weight is 377 g/mol. The van der Waals surface area contributed by atoms with Crippen LogP contribution in [0.15, 0.2) is 0 Å². The highest BCUT2D eigenvalue weighted by Crippen LogP contribution is 2.68. The molecule has 0 radical (unpaired) electrons. The minimum Gasteiger partial charge on any atom is -0.396 e. The van der Waals surface area contributed by atoms with Gasteiger partial charge in [0.1, 0.15) is 0 Å². The molecule has 4 rings (SSSR count). The van der Waals surface area contributed by atoms with E-state index in [-0.39, 0.29) is 12.5 Å². The summed E-state index contributed by atoms with van der Waals surface area (Å²) >= 11 is 0. The number of aliphatic hydroxyl groups excluding tert-OH is 2. The highest BCUT2D eigenvalue weighted by Gasteiger charge is 2.60. The first-order valence-corrected chi connectivity index (χ1v) is 12.1. The van der Waals surface area contributed by atoms with Gasteiger partial charge in [0.2, 0.25) is 0 Å². The van der Waals surface area contributed by atoms with Crippen LogP contribution < -0.4 is 0 Å². The fraction of sp³-hybridized carbons (Fsp3) is 1.00. The van der Waals surface area contributed by atoms with Crippen molar-refractivity contribution in [2.45, 2.75) is 98.0 Å². The lowest BCUT2D eigenvalue weighted by Gasteiger charge is -2.61. The molecule has 0 amide bonds. The van der Waals surface area contributed by atoms with Crippen LogP contribution >= 0.6 is 0 Å². The summed E-state index contributed by atoms with van der Waals surface area (Å²) in [5, 5.41) is 20.1. The van der Waals surface area contributed by atoms with Gasteiger partial charge >= 0.3 is 0 Å². The van der Waals surface area contributed by atoms with E-state index in [1.807, 2.05) is 6.92 Å². The van der Waals surface area contributed by atoms with Gasteiger partial charge < -0.3 is 10.2 Å². The monoisotopic (exact) mass is 376 g/mol. The van der Waals surface area contributed by atoms with Crippen molar-refractivity contribution >= 4 is 0 Å². The maximum atomic E-state index is 10.2. The maximum Gasteiger partial charge on any atom is 0.0564 e. The van der Waals surface area contributed by atoms with Crippen molar-refractivity contribution in [1.29, 1.82) is 0 Å². The quantitative estimate of drug-likeness (QED) is 0.664. The van der Waals surface area contributed by atoms with Crippen molar-refractivity contribution in [1.82, 2.24) is 0 Å². The van der Waals surface area contributed by atoms with Gasteiger partial charge in [-0.15, -0.1) is 0 Å². The SMILES string of the molecule is CC(O)C(CO)[C@@H](C)[C@H]1CC[C@H]2[C@@H]3CCC4CCCC[C@]4(C)[C@H]3CC[C@]12C. The number of aliphatic hydroxyl groups is 2. The van der Waals surface area contributed by atoms with Gasteiger partial charge in [0.25, 0.3) is 0 Å². The molecule has 0 aliphatic heterocycles. The molecule has 3 unspecified atom stereocenters. The van der Waals surface area contributed by atoms with Gasteiger partial charge in [-0.05, 0) is 105 Å². The predicted molar refractivity (Wildman–Crippen MR) is 111 cm³/mol. The minimum absolute atomic E-state index is 0.0369. The molecule has 0 heterocycles. The van der Waals surface area contributed by atoms with E-state index in [1.54, 1.807) is 0 Å². The summed E-state index contributed by atoms with van der Waals surface area (Å²) in [7, 11) is 0. The molecule has 0 bridgehead atoms. The zero-order valence-electron chi connectivity index (χ0n) is 18.3. The van der Waals surface area contributed by atoms with Crippen LogP contribution in [-0.4, -0.2) is 22.9 Å². The minimum atomic E-state index is -0.402. The lowest BCUT2D eigenvalue weighted by molar-refractivity contribution is -0.118. The van der Waals surface area contributed by atoms with Crippen LogP contribution in [0.4, 0.5) is 0 Å².